The highest BCUT2D eigenvalue weighted by Gasteiger charge is 2.20. The van der Waals surface area contributed by atoms with Crippen molar-refractivity contribution in [3.8, 4) is 0 Å². The molecule has 1 aromatic carbocycles. The van der Waals surface area contributed by atoms with Crippen LogP contribution in [0.15, 0.2) is 24.3 Å². The van der Waals surface area contributed by atoms with Crippen LogP contribution in [0.3, 0.4) is 0 Å². The molecule has 4 nitrogen and oxygen atoms in total. The molecule has 0 fully saturated rings. The molecule has 1 heterocycles. The van der Waals surface area contributed by atoms with Gasteiger partial charge in [-0.25, -0.2) is 4.79 Å². The summed E-state index contributed by atoms with van der Waals surface area (Å²) in [6, 6.07) is 7.31. The van der Waals surface area contributed by atoms with Crippen molar-refractivity contribution in [1.29, 1.82) is 0 Å². The Morgan fingerprint density at radius 3 is 3.07 bits per heavy atom. The number of rotatable bonds is 1. The zero-order valence-electron chi connectivity index (χ0n) is 7.69. The van der Waals surface area contributed by atoms with Gasteiger partial charge in [0.15, 0.2) is 6.23 Å². The quantitative estimate of drug-likeness (QED) is 0.695. The van der Waals surface area contributed by atoms with Gasteiger partial charge in [-0.3, -0.25) is 0 Å². The molecule has 1 aliphatic rings. The average Bonchev–Trinajstić information content (AvgIpc) is 2.18. The van der Waals surface area contributed by atoms with Crippen LogP contribution in [-0.2, 0) is 11.2 Å². The molecule has 2 amide bonds. The van der Waals surface area contributed by atoms with Crippen LogP contribution in [0.2, 0.25) is 0 Å². The summed E-state index contributed by atoms with van der Waals surface area (Å²) in [6.45, 7) is 0.613. The topological polar surface area (TPSA) is 64.4 Å². The van der Waals surface area contributed by atoms with Crippen LogP contribution in [0.4, 0.5) is 4.79 Å². The molecule has 0 aromatic heterocycles. The lowest BCUT2D eigenvalue weighted by Gasteiger charge is -2.25. The first-order chi connectivity index (χ1) is 6.77. The van der Waals surface area contributed by atoms with Gasteiger partial charge >= 0.3 is 6.03 Å². The molecule has 0 saturated carbocycles. The summed E-state index contributed by atoms with van der Waals surface area (Å²) in [5.74, 6) is 0. The molecule has 1 aromatic rings. The Hall–Kier alpha value is -1.55. The first-order valence-electron chi connectivity index (χ1n) is 4.53. The van der Waals surface area contributed by atoms with Gasteiger partial charge in [-0.1, -0.05) is 24.3 Å². The molecule has 0 radical (unpaired) electrons. The summed E-state index contributed by atoms with van der Waals surface area (Å²) in [6.07, 6.45) is 0.491. The largest absolute Gasteiger partial charge is 0.354 e. The molecule has 0 spiro atoms. The second-order valence-electron chi connectivity index (χ2n) is 3.21. The van der Waals surface area contributed by atoms with Gasteiger partial charge in [0.25, 0.3) is 0 Å². The third kappa shape index (κ3) is 1.70. The summed E-state index contributed by atoms with van der Waals surface area (Å²) < 4.78 is 5.40. The zero-order chi connectivity index (χ0) is 9.97. The monoisotopic (exact) mass is 192 g/mol. The number of primary amides is 1. The first kappa shape index (κ1) is 9.02. The van der Waals surface area contributed by atoms with Gasteiger partial charge < -0.3 is 15.8 Å². The minimum atomic E-state index is -0.563. The van der Waals surface area contributed by atoms with E-state index in [1.165, 1.54) is 5.56 Å². The second-order valence-corrected chi connectivity index (χ2v) is 3.21. The molecule has 3 N–H and O–H groups in total. The molecule has 0 saturated heterocycles. The lowest BCUT2D eigenvalue weighted by Crippen LogP contribution is -2.37. The van der Waals surface area contributed by atoms with Crippen molar-refractivity contribution in [3.63, 3.8) is 0 Å². The number of urea groups is 1. The van der Waals surface area contributed by atoms with Crippen molar-refractivity contribution in [2.75, 3.05) is 6.61 Å². The molecular weight excluding hydrogens is 180 g/mol. The summed E-state index contributed by atoms with van der Waals surface area (Å²) in [5.41, 5.74) is 7.25. The molecule has 1 aliphatic heterocycles. The second kappa shape index (κ2) is 3.67. The van der Waals surface area contributed by atoms with E-state index in [2.05, 4.69) is 5.32 Å². The maximum absolute atomic E-state index is 10.7. The fraction of sp³-hybridized carbons (Fsp3) is 0.300. The van der Waals surface area contributed by atoms with Gasteiger partial charge in [0, 0.05) is 5.56 Å². The number of ether oxygens (including phenoxy) is 1. The number of hydrogen-bond acceptors (Lipinski definition) is 2. The highest BCUT2D eigenvalue weighted by molar-refractivity contribution is 5.72. The van der Waals surface area contributed by atoms with E-state index in [1.807, 2.05) is 24.3 Å². The number of carbonyl (C=O) groups excluding carboxylic acids is 1. The molecule has 2 rings (SSSR count). The number of fused-ring (bicyclic) bond motifs is 1. The number of benzene rings is 1. The van der Waals surface area contributed by atoms with Gasteiger partial charge in [0.2, 0.25) is 0 Å². The van der Waals surface area contributed by atoms with E-state index < -0.39 is 12.3 Å². The number of hydrogen-bond donors (Lipinski definition) is 2. The Labute approximate surface area is 82.1 Å². The van der Waals surface area contributed by atoms with Crippen LogP contribution >= 0.6 is 0 Å². The Morgan fingerprint density at radius 2 is 2.29 bits per heavy atom. The summed E-state index contributed by atoms with van der Waals surface area (Å²) in [7, 11) is 0. The maximum Gasteiger partial charge on any atom is 0.314 e. The van der Waals surface area contributed by atoms with Crippen LogP contribution in [0.1, 0.15) is 17.4 Å². The van der Waals surface area contributed by atoms with E-state index in [-0.39, 0.29) is 0 Å². The summed E-state index contributed by atoms with van der Waals surface area (Å²) >= 11 is 0. The molecule has 74 valence electrons. The molecule has 4 heteroatoms. The van der Waals surface area contributed by atoms with Crippen molar-refractivity contribution in [3.05, 3.63) is 35.4 Å². The van der Waals surface area contributed by atoms with Crippen LogP contribution in [0.25, 0.3) is 0 Å². The highest BCUT2D eigenvalue weighted by atomic mass is 16.5. The highest BCUT2D eigenvalue weighted by Crippen LogP contribution is 2.24. The van der Waals surface area contributed by atoms with E-state index in [0.29, 0.717) is 6.61 Å². The minimum absolute atomic E-state index is 0.391. The van der Waals surface area contributed by atoms with Crippen LogP contribution < -0.4 is 11.1 Å². The maximum atomic E-state index is 10.7. The van der Waals surface area contributed by atoms with Crippen LogP contribution in [0.5, 0.6) is 0 Å². The molecule has 1 unspecified atom stereocenters. The van der Waals surface area contributed by atoms with Gasteiger partial charge in [0.1, 0.15) is 0 Å². The van der Waals surface area contributed by atoms with Crippen molar-refractivity contribution in [2.24, 2.45) is 5.73 Å². The number of nitrogens with two attached hydrogens (primary N) is 1. The van der Waals surface area contributed by atoms with Crippen molar-refractivity contribution >= 4 is 6.03 Å². The summed E-state index contributed by atoms with van der Waals surface area (Å²) in [4.78, 5) is 10.7. The van der Waals surface area contributed by atoms with E-state index in [0.717, 1.165) is 12.0 Å². The Balaban J connectivity index is 2.26. The Kier molecular flexibility index (Phi) is 2.37. The Morgan fingerprint density at radius 1 is 1.50 bits per heavy atom. The van der Waals surface area contributed by atoms with E-state index in [4.69, 9.17) is 10.5 Å². The van der Waals surface area contributed by atoms with Gasteiger partial charge in [-0.15, -0.1) is 0 Å². The SMILES string of the molecule is NC(=O)NC1OCCc2ccccc21. The Bertz CT molecular complexity index is 352. The fourth-order valence-electron chi connectivity index (χ4n) is 1.64. The van der Waals surface area contributed by atoms with Crippen molar-refractivity contribution < 1.29 is 9.53 Å². The van der Waals surface area contributed by atoms with Crippen LogP contribution in [-0.4, -0.2) is 12.6 Å². The normalized spacial score (nSPS) is 19.9. The van der Waals surface area contributed by atoms with Gasteiger partial charge in [0.05, 0.1) is 6.61 Å². The zero-order valence-corrected chi connectivity index (χ0v) is 7.69. The predicted molar refractivity (Wildman–Crippen MR) is 51.6 cm³/mol. The average molecular weight is 192 g/mol. The summed E-state index contributed by atoms with van der Waals surface area (Å²) in [5, 5.41) is 2.55. The van der Waals surface area contributed by atoms with E-state index in [9.17, 15) is 4.79 Å². The lowest BCUT2D eigenvalue weighted by molar-refractivity contribution is 0.0273. The number of carbonyl (C=O) groups is 1. The predicted octanol–water partition coefficient (Wildman–Crippen LogP) is 0.926. The minimum Gasteiger partial charge on any atom is -0.354 e. The van der Waals surface area contributed by atoms with Crippen LogP contribution in [0, 0.1) is 0 Å². The molecule has 0 aliphatic carbocycles. The van der Waals surface area contributed by atoms with Gasteiger partial charge in [-0.05, 0) is 12.0 Å². The van der Waals surface area contributed by atoms with Crippen molar-refractivity contribution in [2.45, 2.75) is 12.6 Å². The van der Waals surface area contributed by atoms with E-state index >= 15 is 0 Å². The molecule has 1 atom stereocenters. The lowest BCUT2D eigenvalue weighted by atomic mass is 10.0. The van der Waals surface area contributed by atoms with Gasteiger partial charge in [-0.2, -0.15) is 0 Å². The number of nitrogens with one attached hydrogen (secondary N) is 1. The smallest absolute Gasteiger partial charge is 0.314 e. The van der Waals surface area contributed by atoms with E-state index in [1.54, 1.807) is 0 Å². The third-order valence-corrected chi connectivity index (χ3v) is 2.27. The molecular formula is C10H12N2O2. The standard InChI is InChI=1S/C10H12N2O2/c11-10(13)12-9-8-4-2-1-3-7(8)5-6-14-9/h1-4,9H,5-6H2,(H3,11,12,13). The van der Waals surface area contributed by atoms with Crippen molar-refractivity contribution in [1.82, 2.24) is 5.32 Å². The molecule has 14 heavy (non-hydrogen) atoms. The third-order valence-electron chi connectivity index (χ3n) is 2.27. The molecule has 0 bridgehead atoms. The number of amides is 2. The first-order valence-corrected chi connectivity index (χ1v) is 4.53. The fourth-order valence-corrected chi connectivity index (χ4v) is 1.64.